The Morgan fingerprint density at radius 1 is 1.13 bits per heavy atom. The Balaban J connectivity index is 1.94. The number of likely N-dealkylation sites (N-methyl/N-ethyl adjacent to an activating group) is 1. The predicted octanol–water partition coefficient (Wildman–Crippen LogP) is 2.25. The summed E-state index contributed by atoms with van der Waals surface area (Å²) in [6.07, 6.45) is 0.798. The summed E-state index contributed by atoms with van der Waals surface area (Å²) in [5, 5.41) is 6.29. The van der Waals surface area contributed by atoms with Crippen LogP contribution in [0.5, 0.6) is 0 Å². The molecule has 0 amide bonds. The lowest BCUT2D eigenvalue weighted by Gasteiger charge is -2.33. The zero-order valence-corrected chi connectivity index (χ0v) is 14.1. The van der Waals surface area contributed by atoms with Gasteiger partial charge in [-0.2, -0.15) is 4.52 Å². The molecule has 3 aromatic rings. The van der Waals surface area contributed by atoms with Crippen molar-refractivity contribution in [3.63, 3.8) is 0 Å². The monoisotopic (exact) mass is 330 g/mol. The van der Waals surface area contributed by atoms with Gasteiger partial charge >= 0.3 is 0 Å². The number of aryl methyl sites for hydroxylation is 1. The van der Waals surface area contributed by atoms with Crippen LogP contribution in [-0.4, -0.2) is 57.7 Å². The number of benzene rings is 1. The minimum atomic E-state index is 0.689. The molecule has 120 valence electrons. The standard InChI is InChI=1S/C16H19ClN6/c1-3-14-19-15-12-10-11(17)4-5-13(12)18-16(23(15)20-14)22-8-6-21(2)7-9-22/h4-5,10H,3,6-9H2,1-2H3. The van der Waals surface area contributed by atoms with Crippen molar-refractivity contribution in [2.24, 2.45) is 0 Å². The van der Waals surface area contributed by atoms with Crippen molar-refractivity contribution in [2.45, 2.75) is 13.3 Å². The Labute approximate surface area is 139 Å². The highest BCUT2D eigenvalue weighted by Gasteiger charge is 2.21. The van der Waals surface area contributed by atoms with Gasteiger partial charge in [0, 0.05) is 43.0 Å². The molecule has 1 aliphatic rings. The van der Waals surface area contributed by atoms with E-state index in [-0.39, 0.29) is 0 Å². The quantitative estimate of drug-likeness (QED) is 0.721. The van der Waals surface area contributed by atoms with Gasteiger partial charge in [-0.1, -0.05) is 18.5 Å². The van der Waals surface area contributed by atoms with Crippen molar-refractivity contribution in [3.8, 4) is 0 Å². The normalized spacial score (nSPS) is 16.6. The van der Waals surface area contributed by atoms with Crippen LogP contribution in [0.1, 0.15) is 12.7 Å². The third-order valence-electron chi connectivity index (χ3n) is 4.36. The van der Waals surface area contributed by atoms with E-state index in [9.17, 15) is 0 Å². The molecule has 3 heterocycles. The van der Waals surface area contributed by atoms with Crippen LogP contribution in [0.2, 0.25) is 5.02 Å². The Kier molecular flexibility index (Phi) is 3.58. The average Bonchev–Trinajstić information content (AvgIpc) is 3.00. The molecule has 0 N–H and O–H groups in total. The van der Waals surface area contributed by atoms with Crippen LogP contribution in [0.3, 0.4) is 0 Å². The lowest BCUT2D eigenvalue weighted by molar-refractivity contribution is 0.310. The van der Waals surface area contributed by atoms with Crippen molar-refractivity contribution in [1.82, 2.24) is 24.5 Å². The fourth-order valence-electron chi connectivity index (χ4n) is 2.97. The maximum absolute atomic E-state index is 6.16. The zero-order valence-electron chi connectivity index (χ0n) is 13.3. The number of hydrogen-bond donors (Lipinski definition) is 0. The maximum Gasteiger partial charge on any atom is 0.229 e. The molecule has 0 spiro atoms. The second kappa shape index (κ2) is 5.62. The number of nitrogens with zero attached hydrogens (tertiary/aromatic N) is 6. The van der Waals surface area contributed by atoms with Gasteiger partial charge in [-0.3, -0.25) is 0 Å². The van der Waals surface area contributed by atoms with Crippen molar-refractivity contribution in [2.75, 3.05) is 38.1 Å². The van der Waals surface area contributed by atoms with Crippen LogP contribution < -0.4 is 4.90 Å². The molecule has 0 saturated carbocycles. The highest BCUT2D eigenvalue weighted by atomic mass is 35.5. The fraction of sp³-hybridized carbons (Fsp3) is 0.438. The van der Waals surface area contributed by atoms with E-state index in [2.05, 4.69) is 33.9 Å². The van der Waals surface area contributed by atoms with Crippen molar-refractivity contribution >= 4 is 34.1 Å². The molecule has 1 saturated heterocycles. The van der Waals surface area contributed by atoms with E-state index in [0.717, 1.165) is 60.9 Å². The van der Waals surface area contributed by atoms with E-state index >= 15 is 0 Å². The van der Waals surface area contributed by atoms with Crippen LogP contribution >= 0.6 is 11.6 Å². The van der Waals surface area contributed by atoms with E-state index in [1.807, 2.05) is 22.7 Å². The lowest BCUT2D eigenvalue weighted by Crippen LogP contribution is -2.45. The summed E-state index contributed by atoms with van der Waals surface area (Å²) in [5.41, 5.74) is 1.74. The molecule has 0 bridgehead atoms. The first kappa shape index (κ1) is 14.7. The van der Waals surface area contributed by atoms with E-state index in [0.29, 0.717) is 5.02 Å². The zero-order chi connectivity index (χ0) is 16.0. The molecule has 2 aromatic heterocycles. The van der Waals surface area contributed by atoms with Crippen LogP contribution in [-0.2, 0) is 6.42 Å². The third kappa shape index (κ3) is 2.52. The first-order valence-corrected chi connectivity index (χ1v) is 8.32. The molecule has 1 aliphatic heterocycles. The van der Waals surface area contributed by atoms with Gasteiger partial charge in [0.2, 0.25) is 5.95 Å². The molecule has 0 radical (unpaired) electrons. The second-order valence-electron chi connectivity index (χ2n) is 5.98. The predicted molar refractivity (Wildman–Crippen MR) is 92.4 cm³/mol. The number of rotatable bonds is 2. The molecular weight excluding hydrogens is 312 g/mol. The van der Waals surface area contributed by atoms with E-state index in [1.165, 1.54) is 0 Å². The second-order valence-corrected chi connectivity index (χ2v) is 6.42. The molecule has 23 heavy (non-hydrogen) atoms. The van der Waals surface area contributed by atoms with Gasteiger partial charge in [-0.05, 0) is 25.2 Å². The largest absolute Gasteiger partial charge is 0.338 e. The van der Waals surface area contributed by atoms with Gasteiger partial charge in [-0.15, -0.1) is 5.10 Å². The third-order valence-corrected chi connectivity index (χ3v) is 4.60. The van der Waals surface area contributed by atoms with Gasteiger partial charge in [-0.25, -0.2) is 9.97 Å². The molecular formula is C16H19ClN6. The Bertz CT molecular complexity index is 866. The summed E-state index contributed by atoms with van der Waals surface area (Å²) >= 11 is 6.16. The van der Waals surface area contributed by atoms with Gasteiger partial charge in [0.05, 0.1) is 5.52 Å². The number of aromatic nitrogens is 4. The molecule has 6 nitrogen and oxygen atoms in total. The lowest BCUT2D eigenvalue weighted by atomic mass is 10.2. The van der Waals surface area contributed by atoms with Crippen molar-refractivity contribution in [3.05, 3.63) is 29.0 Å². The van der Waals surface area contributed by atoms with Crippen LogP contribution in [0, 0.1) is 0 Å². The number of hydrogen-bond acceptors (Lipinski definition) is 5. The number of anilines is 1. The summed E-state index contributed by atoms with van der Waals surface area (Å²) in [6.45, 7) is 6.00. The van der Waals surface area contributed by atoms with E-state index in [4.69, 9.17) is 16.6 Å². The molecule has 0 aliphatic carbocycles. The summed E-state index contributed by atoms with van der Waals surface area (Å²) < 4.78 is 1.88. The molecule has 0 atom stereocenters. The van der Waals surface area contributed by atoms with Crippen LogP contribution in [0.4, 0.5) is 5.95 Å². The molecule has 0 unspecified atom stereocenters. The Hall–Kier alpha value is -1.92. The van der Waals surface area contributed by atoms with Gasteiger partial charge < -0.3 is 9.80 Å². The minimum absolute atomic E-state index is 0.689. The van der Waals surface area contributed by atoms with Gasteiger partial charge in [0.25, 0.3) is 0 Å². The highest BCUT2D eigenvalue weighted by Crippen LogP contribution is 2.26. The highest BCUT2D eigenvalue weighted by molar-refractivity contribution is 6.31. The topological polar surface area (TPSA) is 49.6 Å². The average molecular weight is 331 g/mol. The first-order valence-electron chi connectivity index (χ1n) is 7.94. The summed E-state index contributed by atoms with van der Waals surface area (Å²) in [5.74, 6) is 1.70. The number of halogens is 1. The fourth-order valence-corrected chi connectivity index (χ4v) is 3.14. The Morgan fingerprint density at radius 3 is 2.65 bits per heavy atom. The minimum Gasteiger partial charge on any atom is -0.338 e. The van der Waals surface area contributed by atoms with Crippen LogP contribution in [0.15, 0.2) is 18.2 Å². The molecule has 1 aromatic carbocycles. The SMILES string of the molecule is CCc1nc2c3cc(Cl)ccc3nc(N3CCN(C)CC3)n2n1. The first-order chi connectivity index (χ1) is 11.2. The smallest absolute Gasteiger partial charge is 0.229 e. The molecule has 4 rings (SSSR count). The van der Waals surface area contributed by atoms with Crippen molar-refractivity contribution in [1.29, 1.82) is 0 Å². The summed E-state index contributed by atoms with van der Waals surface area (Å²) in [4.78, 5) is 14.2. The molecule has 1 fully saturated rings. The summed E-state index contributed by atoms with van der Waals surface area (Å²) in [6, 6.07) is 5.75. The maximum atomic E-state index is 6.16. The van der Waals surface area contributed by atoms with Gasteiger partial charge in [0.1, 0.15) is 0 Å². The van der Waals surface area contributed by atoms with E-state index in [1.54, 1.807) is 0 Å². The van der Waals surface area contributed by atoms with E-state index < -0.39 is 0 Å². The summed E-state index contributed by atoms with van der Waals surface area (Å²) in [7, 11) is 2.15. The Morgan fingerprint density at radius 2 is 1.91 bits per heavy atom. The van der Waals surface area contributed by atoms with Gasteiger partial charge in [0.15, 0.2) is 11.5 Å². The van der Waals surface area contributed by atoms with Crippen LogP contribution in [0.25, 0.3) is 16.6 Å². The molecule has 7 heteroatoms. The number of fused-ring (bicyclic) bond motifs is 3. The van der Waals surface area contributed by atoms with Crippen molar-refractivity contribution < 1.29 is 0 Å². The number of piperazine rings is 1.